The van der Waals surface area contributed by atoms with Crippen LogP contribution < -0.4 is 14.8 Å². The van der Waals surface area contributed by atoms with E-state index >= 15 is 0 Å². The lowest BCUT2D eigenvalue weighted by molar-refractivity contribution is -0.116. The number of carbonyl (C=O) groups excluding carboxylic acids is 1. The highest BCUT2D eigenvalue weighted by Gasteiger charge is 2.03. The summed E-state index contributed by atoms with van der Waals surface area (Å²) in [4.78, 5) is 12.1. The number of hydrogen-bond acceptors (Lipinski definition) is 4. The van der Waals surface area contributed by atoms with Gasteiger partial charge in [0.05, 0.1) is 19.9 Å². The van der Waals surface area contributed by atoms with Crippen molar-refractivity contribution in [1.29, 1.82) is 0 Å². The molecule has 1 amide bonds. The van der Waals surface area contributed by atoms with Gasteiger partial charge in [0.2, 0.25) is 5.91 Å². The largest absolute Gasteiger partial charge is 0.497 e. The first kappa shape index (κ1) is 19.2. The van der Waals surface area contributed by atoms with Crippen molar-refractivity contribution in [3.8, 4) is 17.2 Å². The van der Waals surface area contributed by atoms with E-state index in [1.165, 1.54) is 6.08 Å². The van der Waals surface area contributed by atoms with Crippen molar-refractivity contribution in [2.24, 2.45) is 0 Å². The Labute approximate surface area is 164 Å². The zero-order chi connectivity index (χ0) is 19.8. The molecule has 0 unspecified atom stereocenters. The molecule has 3 aromatic rings. The van der Waals surface area contributed by atoms with E-state index in [1.807, 2.05) is 53.3 Å². The number of nitrogens with zero attached hydrogens (tertiary/aromatic N) is 2. The Bertz CT molecular complexity index is 932. The third kappa shape index (κ3) is 5.01. The Kier molecular flexibility index (Phi) is 6.46. The lowest BCUT2D eigenvalue weighted by atomic mass is 10.1. The third-order valence-corrected chi connectivity index (χ3v) is 4.27. The molecular weight excluding hydrogens is 354 g/mol. The minimum absolute atomic E-state index is 0.147. The molecule has 0 fully saturated rings. The summed E-state index contributed by atoms with van der Waals surface area (Å²) in [5.74, 6) is 1.21. The summed E-state index contributed by atoms with van der Waals surface area (Å²) >= 11 is 0. The summed E-state index contributed by atoms with van der Waals surface area (Å²) in [6, 6.07) is 15.5. The van der Waals surface area contributed by atoms with E-state index in [-0.39, 0.29) is 5.91 Å². The number of nitrogens with one attached hydrogen (secondary N) is 1. The second-order valence-electron chi connectivity index (χ2n) is 6.10. The van der Waals surface area contributed by atoms with Gasteiger partial charge in [0, 0.05) is 36.6 Å². The fourth-order valence-corrected chi connectivity index (χ4v) is 2.75. The van der Waals surface area contributed by atoms with E-state index in [2.05, 4.69) is 10.4 Å². The average molecular weight is 377 g/mol. The monoisotopic (exact) mass is 377 g/mol. The molecule has 0 atom stereocenters. The van der Waals surface area contributed by atoms with Crippen LogP contribution in [0.1, 0.15) is 11.1 Å². The summed E-state index contributed by atoms with van der Waals surface area (Å²) in [7, 11) is 3.19. The van der Waals surface area contributed by atoms with Gasteiger partial charge in [0.25, 0.3) is 0 Å². The molecule has 0 spiro atoms. The number of amides is 1. The standard InChI is InChI=1S/C22H23N3O3/c1-27-20-10-6-18(21(16-20)28-2)7-11-22(26)23-14-12-17-4-8-19(9-5-17)25-15-3-13-24-25/h3-11,13,15-16H,12,14H2,1-2H3,(H,23,26)/b11-7+. The Morgan fingerprint density at radius 3 is 2.64 bits per heavy atom. The molecule has 3 rings (SSSR count). The maximum Gasteiger partial charge on any atom is 0.244 e. The van der Waals surface area contributed by atoms with Gasteiger partial charge in [0.15, 0.2) is 0 Å². The molecule has 1 aromatic heterocycles. The molecule has 0 aliphatic rings. The van der Waals surface area contributed by atoms with Crippen molar-refractivity contribution in [2.45, 2.75) is 6.42 Å². The van der Waals surface area contributed by atoms with Gasteiger partial charge in [-0.25, -0.2) is 4.68 Å². The fourth-order valence-electron chi connectivity index (χ4n) is 2.75. The maximum absolute atomic E-state index is 12.1. The van der Waals surface area contributed by atoms with E-state index in [1.54, 1.807) is 32.6 Å². The molecule has 0 bridgehead atoms. The van der Waals surface area contributed by atoms with Crippen LogP contribution in [0.4, 0.5) is 0 Å². The first-order chi connectivity index (χ1) is 13.7. The molecule has 0 radical (unpaired) electrons. The van der Waals surface area contributed by atoms with Crippen LogP contribution in [0.2, 0.25) is 0 Å². The molecule has 144 valence electrons. The van der Waals surface area contributed by atoms with E-state index < -0.39 is 0 Å². The van der Waals surface area contributed by atoms with E-state index in [9.17, 15) is 4.79 Å². The predicted octanol–water partition coefficient (Wildman–Crippen LogP) is 3.26. The van der Waals surface area contributed by atoms with Crippen LogP contribution in [0.25, 0.3) is 11.8 Å². The quantitative estimate of drug-likeness (QED) is 0.612. The van der Waals surface area contributed by atoms with Gasteiger partial charge in [-0.15, -0.1) is 0 Å². The normalized spacial score (nSPS) is 10.8. The van der Waals surface area contributed by atoms with Crippen LogP contribution in [0.15, 0.2) is 67.0 Å². The number of rotatable bonds is 8. The smallest absolute Gasteiger partial charge is 0.244 e. The minimum Gasteiger partial charge on any atom is -0.497 e. The van der Waals surface area contributed by atoms with Crippen LogP contribution in [-0.2, 0) is 11.2 Å². The van der Waals surface area contributed by atoms with E-state index in [0.29, 0.717) is 18.0 Å². The van der Waals surface area contributed by atoms with Crippen LogP contribution in [0, 0.1) is 0 Å². The van der Waals surface area contributed by atoms with Gasteiger partial charge in [0.1, 0.15) is 11.5 Å². The maximum atomic E-state index is 12.1. The van der Waals surface area contributed by atoms with Crippen molar-refractivity contribution < 1.29 is 14.3 Å². The van der Waals surface area contributed by atoms with Gasteiger partial charge < -0.3 is 14.8 Å². The molecular formula is C22H23N3O3. The number of ether oxygens (including phenoxy) is 2. The topological polar surface area (TPSA) is 65.4 Å². The highest BCUT2D eigenvalue weighted by Crippen LogP contribution is 2.25. The Morgan fingerprint density at radius 2 is 1.96 bits per heavy atom. The second-order valence-corrected chi connectivity index (χ2v) is 6.10. The molecule has 1 heterocycles. The molecule has 0 saturated heterocycles. The van der Waals surface area contributed by atoms with Crippen molar-refractivity contribution in [3.63, 3.8) is 0 Å². The SMILES string of the molecule is COc1ccc(/C=C/C(=O)NCCc2ccc(-n3cccn3)cc2)c(OC)c1. The minimum atomic E-state index is -0.147. The lowest BCUT2D eigenvalue weighted by Gasteiger charge is -2.07. The summed E-state index contributed by atoms with van der Waals surface area (Å²) in [5, 5.41) is 7.10. The summed E-state index contributed by atoms with van der Waals surface area (Å²) in [6.07, 6.45) is 7.64. The van der Waals surface area contributed by atoms with Crippen molar-refractivity contribution >= 4 is 12.0 Å². The summed E-state index contributed by atoms with van der Waals surface area (Å²) < 4.78 is 12.3. The zero-order valence-corrected chi connectivity index (χ0v) is 16.0. The molecule has 0 saturated carbocycles. The molecule has 28 heavy (non-hydrogen) atoms. The van der Waals surface area contributed by atoms with Crippen molar-refractivity contribution in [2.75, 3.05) is 20.8 Å². The van der Waals surface area contributed by atoms with Gasteiger partial charge in [-0.1, -0.05) is 12.1 Å². The van der Waals surface area contributed by atoms with Gasteiger partial charge in [-0.2, -0.15) is 5.10 Å². The Morgan fingerprint density at radius 1 is 1.14 bits per heavy atom. The van der Waals surface area contributed by atoms with E-state index in [0.717, 1.165) is 23.2 Å². The van der Waals surface area contributed by atoms with Crippen LogP contribution >= 0.6 is 0 Å². The lowest BCUT2D eigenvalue weighted by Crippen LogP contribution is -2.23. The van der Waals surface area contributed by atoms with Crippen LogP contribution in [-0.4, -0.2) is 36.5 Å². The first-order valence-electron chi connectivity index (χ1n) is 8.96. The summed E-state index contributed by atoms with van der Waals surface area (Å²) in [5.41, 5.74) is 2.97. The second kappa shape index (κ2) is 9.41. The molecule has 1 N–H and O–H groups in total. The van der Waals surface area contributed by atoms with Gasteiger partial charge in [-0.05, 0) is 48.4 Å². The molecule has 2 aromatic carbocycles. The van der Waals surface area contributed by atoms with Crippen molar-refractivity contribution in [3.05, 3.63) is 78.1 Å². The highest BCUT2D eigenvalue weighted by atomic mass is 16.5. The fraction of sp³-hybridized carbons (Fsp3) is 0.182. The van der Waals surface area contributed by atoms with Crippen molar-refractivity contribution in [1.82, 2.24) is 15.1 Å². The molecule has 0 aliphatic heterocycles. The van der Waals surface area contributed by atoms with E-state index in [4.69, 9.17) is 9.47 Å². The third-order valence-electron chi connectivity index (χ3n) is 4.27. The highest BCUT2D eigenvalue weighted by molar-refractivity contribution is 5.92. The van der Waals surface area contributed by atoms with Gasteiger partial charge >= 0.3 is 0 Å². The Balaban J connectivity index is 1.50. The zero-order valence-electron chi connectivity index (χ0n) is 16.0. The Hall–Kier alpha value is -3.54. The molecule has 0 aliphatic carbocycles. The first-order valence-corrected chi connectivity index (χ1v) is 8.96. The molecule has 6 heteroatoms. The van der Waals surface area contributed by atoms with Crippen LogP contribution in [0.5, 0.6) is 11.5 Å². The average Bonchev–Trinajstić information content (AvgIpc) is 3.27. The summed E-state index contributed by atoms with van der Waals surface area (Å²) in [6.45, 7) is 0.560. The van der Waals surface area contributed by atoms with Gasteiger partial charge in [-0.3, -0.25) is 4.79 Å². The molecule has 6 nitrogen and oxygen atoms in total. The number of carbonyl (C=O) groups is 1. The number of methoxy groups -OCH3 is 2. The number of hydrogen-bond donors (Lipinski definition) is 1. The number of benzene rings is 2. The van der Waals surface area contributed by atoms with Crippen LogP contribution in [0.3, 0.4) is 0 Å². The predicted molar refractivity (Wildman–Crippen MR) is 109 cm³/mol. The number of aromatic nitrogens is 2.